The molecule has 2 aromatic carbocycles. The van der Waals surface area contributed by atoms with Crippen molar-refractivity contribution in [3.8, 4) is 11.5 Å². The molecular formula is C20H16Cl2N2O4. The number of rotatable bonds is 4. The van der Waals surface area contributed by atoms with E-state index in [0.29, 0.717) is 51.4 Å². The van der Waals surface area contributed by atoms with Crippen molar-refractivity contribution in [3.63, 3.8) is 0 Å². The molecule has 2 amide bonds. The lowest BCUT2D eigenvalue weighted by atomic mass is 10.2. The summed E-state index contributed by atoms with van der Waals surface area (Å²) in [5, 5.41) is 3.59. The number of carbonyl (C=O) groups excluding carboxylic acids is 2. The van der Waals surface area contributed by atoms with Gasteiger partial charge in [-0.1, -0.05) is 23.2 Å². The van der Waals surface area contributed by atoms with Gasteiger partial charge in [0.15, 0.2) is 11.5 Å². The lowest BCUT2D eigenvalue weighted by Gasteiger charge is -2.17. The number of nitrogens with zero attached hydrogens (tertiary/aromatic N) is 1. The molecule has 8 heteroatoms. The zero-order chi connectivity index (χ0) is 19.7. The van der Waals surface area contributed by atoms with Gasteiger partial charge in [0.2, 0.25) is 18.6 Å². The third kappa shape index (κ3) is 3.79. The molecule has 2 aromatic rings. The Hall–Kier alpha value is -2.70. The van der Waals surface area contributed by atoms with Crippen LogP contribution in [0.3, 0.4) is 0 Å². The van der Waals surface area contributed by atoms with Crippen LogP contribution in [-0.2, 0) is 9.59 Å². The van der Waals surface area contributed by atoms with Crippen molar-refractivity contribution in [1.29, 1.82) is 0 Å². The quantitative estimate of drug-likeness (QED) is 0.742. The Kier molecular flexibility index (Phi) is 5.15. The fourth-order valence-corrected chi connectivity index (χ4v) is 3.70. The molecule has 4 rings (SSSR count). The van der Waals surface area contributed by atoms with Crippen molar-refractivity contribution < 1.29 is 19.1 Å². The molecule has 6 nitrogen and oxygen atoms in total. The fourth-order valence-electron chi connectivity index (χ4n) is 3.15. The number of halogens is 2. The normalized spacial score (nSPS) is 15.5. The first kappa shape index (κ1) is 18.7. The van der Waals surface area contributed by atoms with Crippen molar-refractivity contribution in [3.05, 3.63) is 52.0 Å². The van der Waals surface area contributed by atoms with E-state index >= 15 is 0 Å². The first-order valence-corrected chi connectivity index (χ1v) is 9.45. The summed E-state index contributed by atoms with van der Waals surface area (Å²) >= 11 is 12.4. The highest BCUT2D eigenvalue weighted by Crippen LogP contribution is 2.40. The molecule has 1 saturated heterocycles. The van der Waals surface area contributed by atoms with Crippen LogP contribution in [0.4, 0.5) is 11.4 Å². The standard InChI is InChI=1S/C20H16Cl2N2O4/c21-14-10-13(4-5-16(14)24-7-1-2-19(24)26)23-18(25)6-3-12-8-15(22)20-17(9-12)27-11-28-20/h3-6,8-10H,1-2,7,11H2,(H,23,25)/b6-3+. The van der Waals surface area contributed by atoms with Crippen LogP contribution >= 0.6 is 23.2 Å². The summed E-state index contributed by atoms with van der Waals surface area (Å²) in [6.45, 7) is 0.785. The second-order valence-electron chi connectivity index (χ2n) is 6.37. The van der Waals surface area contributed by atoms with Gasteiger partial charge in [-0.3, -0.25) is 9.59 Å². The summed E-state index contributed by atoms with van der Waals surface area (Å²) < 4.78 is 10.6. The minimum Gasteiger partial charge on any atom is -0.454 e. The summed E-state index contributed by atoms with van der Waals surface area (Å²) in [5.74, 6) is 0.791. The van der Waals surface area contributed by atoms with E-state index in [1.807, 2.05) is 0 Å². The number of ether oxygens (including phenoxy) is 2. The Balaban J connectivity index is 1.44. The molecule has 0 unspecified atom stereocenters. The lowest BCUT2D eigenvalue weighted by molar-refractivity contribution is -0.117. The Morgan fingerprint density at radius 1 is 1.14 bits per heavy atom. The molecule has 28 heavy (non-hydrogen) atoms. The van der Waals surface area contributed by atoms with E-state index in [0.717, 1.165) is 6.42 Å². The van der Waals surface area contributed by atoms with Crippen LogP contribution in [0.15, 0.2) is 36.4 Å². The van der Waals surface area contributed by atoms with Gasteiger partial charge in [0, 0.05) is 24.7 Å². The molecule has 144 valence electrons. The zero-order valence-electron chi connectivity index (χ0n) is 14.7. The number of benzene rings is 2. The fraction of sp³-hybridized carbons (Fsp3) is 0.200. The van der Waals surface area contributed by atoms with Crippen LogP contribution in [0.5, 0.6) is 11.5 Å². The second-order valence-corrected chi connectivity index (χ2v) is 7.19. The highest BCUT2D eigenvalue weighted by Gasteiger charge is 2.23. The van der Waals surface area contributed by atoms with Crippen molar-refractivity contribution in [1.82, 2.24) is 0 Å². The van der Waals surface area contributed by atoms with Crippen LogP contribution in [0.1, 0.15) is 18.4 Å². The van der Waals surface area contributed by atoms with Gasteiger partial charge >= 0.3 is 0 Å². The number of hydrogen-bond acceptors (Lipinski definition) is 4. The molecule has 0 saturated carbocycles. The Morgan fingerprint density at radius 3 is 2.75 bits per heavy atom. The molecule has 0 radical (unpaired) electrons. The molecule has 0 bridgehead atoms. The second kappa shape index (κ2) is 7.73. The van der Waals surface area contributed by atoms with Crippen LogP contribution < -0.4 is 19.7 Å². The van der Waals surface area contributed by atoms with E-state index in [1.165, 1.54) is 6.08 Å². The summed E-state index contributed by atoms with van der Waals surface area (Å²) in [6.07, 6.45) is 4.37. The molecule has 0 atom stereocenters. The van der Waals surface area contributed by atoms with E-state index in [1.54, 1.807) is 41.3 Å². The van der Waals surface area contributed by atoms with E-state index in [4.69, 9.17) is 32.7 Å². The minimum absolute atomic E-state index is 0.0593. The maximum atomic E-state index is 12.2. The third-order valence-corrected chi connectivity index (χ3v) is 5.04. The van der Waals surface area contributed by atoms with E-state index < -0.39 is 0 Å². The molecule has 1 N–H and O–H groups in total. The smallest absolute Gasteiger partial charge is 0.248 e. The molecule has 1 fully saturated rings. The van der Waals surface area contributed by atoms with E-state index in [-0.39, 0.29) is 18.6 Å². The number of hydrogen-bond donors (Lipinski definition) is 1. The van der Waals surface area contributed by atoms with Gasteiger partial charge in [-0.15, -0.1) is 0 Å². The van der Waals surface area contributed by atoms with Crippen molar-refractivity contribution >= 4 is 52.5 Å². The summed E-state index contributed by atoms with van der Waals surface area (Å²) in [7, 11) is 0. The van der Waals surface area contributed by atoms with Crippen LogP contribution in [-0.4, -0.2) is 25.2 Å². The van der Waals surface area contributed by atoms with Gasteiger partial charge in [-0.05, 0) is 48.4 Å². The number of anilines is 2. The number of fused-ring (bicyclic) bond motifs is 1. The molecule has 0 aliphatic carbocycles. The van der Waals surface area contributed by atoms with Crippen molar-refractivity contribution in [2.45, 2.75) is 12.8 Å². The van der Waals surface area contributed by atoms with E-state index in [9.17, 15) is 9.59 Å². The highest BCUT2D eigenvalue weighted by atomic mass is 35.5. The van der Waals surface area contributed by atoms with Crippen LogP contribution in [0, 0.1) is 0 Å². The van der Waals surface area contributed by atoms with E-state index in [2.05, 4.69) is 5.32 Å². The van der Waals surface area contributed by atoms with Crippen molar-refractivity contribution in [2.24, 2.45) is 0 Å². The average molecular weight is 419 g/mol. The predicted molar refractivity (Wildman–Crippen MR) is 108 cm³/mol. The summed E-state index contributed by atoms with van der Waals surface area (Å²) in [6, 6.07) is 8.53. The van der Waals surface area contributed by atoms with Crippen molar-refractivity contribution in [2.75, 3.05) is 23.6 Å². The summed E-state index contributed by atoms with van der Waals surface area (Å²) in [5.41, 5.74) is 1.91. The van der Waals surface area contributed by atoms with Gasteiger partial charge in [0.05, 0.1) is 15.7 Å². The maximum absolute atomic E-state index is 12.2. The average Bonchev–Trinajstić information content (AvgIpc) is 3.29. The van der Waals surface area contributed by atoms with Gasteiger partial charge in [-0.25, -0.2) is 0 Å². The largest absolute Gasteiger partial charge is 0.454 e. The molecule has 2 aliphatic rings. The Morgan fingerprint density at radius 2 is 2.00 bits per heavy atom. The number of nitrogens with one attached hydrogen (secondary N) is 1. The molecule has 2 heterocycles. The van der Waals surface area contributed by atoms with Gasteiger partial charge in [0.25, 0.3) is 0 Å². The monoisotopic (exact) mass is 418 g/mol. The SMILES string of the molecule is O=C(/C=C/c1cc(Cl)c2c(c1)OCO2)Nc1ccc(N2CCCC2=O)c(Cl)c1. The number of carbonyl (C=O) groups is 2. The Bertz CT molecular complexity index is 990. The van der Waals surface area contributed by atoms with Gasteiger partial charge in [0.1, 0.15) is 0 Å². The van der Waals surface area contributed by atoms with Crippen LogP contribution in [0.2, 0.25) is 10.0 Å². The predicted octanol–water partition coefficient (Wildman–Crippen LogP) is 4.50. The third-order valence-electron chi connectivity index (χ3n) is 4.46. The topological polar surface area (TPSA) is 67.9 Å². The van der Waals surface area contributed by atoms with Gasteiger partial charge < -0.3 is 19.7 Å². The molecular weight excluding hydrogens is 403 g/mol. The Labute approximate surface area is 171 Å². The molecule has 0 spiro atoms. The first-order chi connectivity index (χ1) is 13.5. The lowest BCUT2D eigenvalue weighted by Crippen LogP contribution is -2.24. The zero-order valence-corrected chi connectivity index (χ0v) is 16.2. The highest BCUT2D eigenvalue weighted by molar-refractivity contribution is 6.34. The maximum Gasteiger partial charge on any atom is 0.248 e. The summed E-state index contributed by atoms with van der Waals surface area (Å²) in [4.78, 5) is 25.7. The molecule has 0 aromatic heterocycles. The number of amides is 2. The first-order valence-electron chi connectivity index (χ1n) is 8.69. The van der Waals surface area contributed by atoms with Gasteiger partial charge in [-0.2, -0.15) is 0 Å². The molecule has 2 aliphatic heterocycles. The van der Waals surface area contributed by atoms with Crippen LogP contribution in [0.25, 0.3) is 6.08 Å². The minimum atomic E-state index is -0.324.